The standard InChI is InChI=1S/C17H21N7O/c1-12(2)23-11-19-21-15(23)13-4-8-22(9-5-13)17(25)14-10-20-24-7-3-6-18-16(14)24/h3,6-7,10-13H,4-5,8-9H2,1-2H3. The van der Waals surface area contributed by atoms with Gasteiger partial charge in [0.25, 0.3) is 5.91 Å². The molecule has 0 atom stereocenters. The summed E-state index contributed by atoms with van der Waals surface area (Å²) in [6, 6.07) is 2.14. The maximum atomic E-state index is 12.8. The predicted molar refractivity (Wildman–Crippen MR) is 91.3 cm³/mol. The van der Waals surface area contributed by atoms with Gasteiger partial charge in [-0.3, -0.25) is 4.79 Å². The Bertz CT molecular complexity index is 889. The lowest BCUT2D eigenvalue weighted by Crippen LogP contribution is -2.38. The van der Waals surface area contributed by atoms with E-state index in [0.29, 0.717) is 36.3 Å². The summed E-state index contributed by atoms with van der Waals surface area (Å²) in [4.78, 5) is 19.0. The van der Waals surface area contributed by atoms with Crippen molar-refractivity contribution in [3.05, 3.63) is 42.4 Å². The second-order valence-electron chi connectivity index (χ2n) is 6.70. The largest absolute Gasteiger partial charge is 0.338 e. The van der Waals surface area contributed by atoms with Crippen LogP contribution in [0.3, 0.4) is 0 Å². The average molecular weight is 339 g/mol. The van der Waals surface area contributed by atoms with Crippen molar-refractivity contribution < 1.29 is 4.79 Å². The Morgan fingerprint density at radius 3 is 2.84 bits per heavy atom. The highest BCUT2D eigenvalue weighted by atomic mass is 16.2. The van der Waals surface area contributed by atoms with Gasteiger partial charge < -0.3 is 9.47 Å². The van der Waals surface area contributed by atoms with Crippen molar-refractivity contribution in [1.82, 2.24) is 34.3 Å². The maximum absolute atomic E-state index is 12.8. The van der Waals surface area contributed by atoms with Gasteiger partial charge in [-0.05, 0) is 32.8 Å². The number of likely N-dealkylation sites (tertiary alicyclic amines) is 1. The van der Waals surface area contributed by atoms with Crippen LogP contribution in [0.25, 0.3) is 5.65 Å². The third kappa shape index (κ3) is 2.77. The molecule has 25 heavy (non-hydrogen) atoms. The molecule has 4 rings (SSSR count). The number of fused-ring (bicyclic) bond motifs is 1. The number of carbonyl (C=O) groups is 1. The molecule has 1 amide bonds. The molecule has 0 aromatic carbocycles. The fourth-order valence-electron chi connectivity index (χ4n) is 3.43. The first-order chi connectivity index (χ1) is 12.1. The molecule has 8 nitrogen and oxygen atoms in total. The van der Waals surface area contributed by atoms with Gasteiger partial charge in [0.2, 0.25) is 0 Å². The van der Waals surface area contributed by atoms with E-state index in [1.54, 1.807) is 35.5 Å². The van der Waals surface area contributed by atoms with Crippen LogP contribution in [-0.4, -0.2) is 53.3 Å². The van der Waals surface area contributed by atoms with Crippen molar-refractivity contribution in [2.45, 2.75) is 38.6 Å². The van der Waals surface area contributed by atoms with Crippen LogP contribution < -0.4 is 0 Å². The number of aromatic nitrogens is 6. The first-order valence-electron chi connectivity index (χ1n) is 8.62. The number of hydrogen-bond acceptors (Lipinski definition) is 5. The molecule has 130 valence electrons. The minimum absolute atomic E-state index is 0.00234. The Hall–Kier alpha value is -2.77. The molecule has 1 aliphatic rings. The third-order valence-corrected chi connectivity index (χ3v) is 4.81. The zero-order chi connectivity index (χ0) is 17.4. The highest BCUT2D eigenvalue weighted by Gasteiger charge is 2.29. The number of amides is 1. The van der Waals surface area contributed by atoms with Gasteiger partial charge in [-0.15, -0.1) is 10.2 Å². The highest BCUT2D eigenvalue weighted by Crippen LogP contribution is 2.28. The highest BCUT2D eigenvalue weighted by molar-refractivity contribution is 5.99. The van der Waals surface area contributed by atoms with Crippen LogP contribution in [0.5, 0.6) is 0 Å². The third-order valence-electron chi connectivity index (χ3n) is 4.81. The van der Waals surface area contributed by atoms with E-state index in [-0.39, 0.29) is 5.91 Å². The van der Waals surface area contributed by atoms with E-state index in [9.17, 15) is 4.79 Å². The summed E-state index contributed by atoms with van der Waals surface area (Å²) in [5, 5.41) is 12.6. The summed E-state index contributed by atoms with van der Waals surface area (Å²) in [7, 11) is 0. The Labute approximate surface area is 145 Å². The summed E-state index contributed by atoms with van der Waals surface area (Å²) < 4.78 is 3.75. The topological polar surface area (TPSA) is 81.2 Å². The van der Waals surface area contributed by atoms with Crippen LogP contribution in [-0.2, 0) is 0 Å². The summed E-state index contributed by atoms with van der Waals surface area (Å²) >= 11 is 0. The van der Waals surface area contributed by atoms with Crippen molar-refractivity contribution in [3.63, 3.8) is 0 Å². The van der Waals surface area contributed by atoms with Crippen molar-refractivity contribution in [3.8, 4) is 0 Å². The molecule has 0 bridgehead atoms. The van der Waals surface area contributed by atoms with Crippen LogP contribution in [0, 0.1) is 0 Å². The molecule has 1 saturated heterocycles. The summed E-state index contributed by atoms with van der Waals surface area (Å²) in [6.07, 6.45) is 8.66. The number of hydrogen-bond donors (Lipinski definition) is 0. The maximum Gasteiger partial charge on any atom is 0.259 e. The zero-order valence-electron chi connectivity index (χ0n) is 14.4. The van der Waals surface area contributed by atoms with Crippen molar-refractivity contribution in [1.29, 1.82) is 0 Å². The molecular formula is C17H21N7O. The average Bonchev–Trinajstić information content (AvgIpc) is 3.28. The molecule has 4 heterocycles. The van der Waals surface area contributed by atoms with Gasteiger partial charge in [0.05, 0.1) is 6.20 Å². The lowest BCUT2D eigenvalue weighted by molar-refractivity contribution is 0.0711. The second-order valence-corrected chi connectivity index (χ2v) is 6.70. The molecular weight excluding hydrogens is 318 g/mol. The lowest BCUT2D eigenvalue weighted by Gasteiger charge is -2.31. The van der Waals surface area contributed by atoms with Crippen molar-refractivity contribution >= 4 is 11.6 Å². The lowest BCUT2D eigenvalue weighted by atomic mass is 9.95. The number of nitrogens with zero attached hydrogens (tertiary/aromatic N) is 7. The zero-order valence-corrected chi connectivity index (χ0v) is 14.4. The molecule has 0 N–H and O–H groups in total. The van der Waals surface area contributed by atoms with Crippen molar-refractivity contribution in [2.24, 2.45) is 0 Å². The normalized spacial score (nSPS) is 16.0. The van der Waals surface area contributed by atoms with Gasteiger partial charge in [-0.1, -0.05) is 0 Å². The fraction of sp³-hybridized carbons (Fsp3) is 0.471. The Kier molecular flexibility index (Phi) is 3.95. The van der Waals surface area contributed by atoms with Gasteiger partial charge in [0.15, 0.2) is 5.65 Å². The summed E-state index contributed by atoms with van der Waals surface area (Å²) in [5.74, 6) is 1.37. The summed E-state index contributed by atoms with van der Waals surface area (Å²) in [5.41, 5.74) is 1.17. The van der Waals surface area contributed by atoms with E-state index in [1.807, 2.05) is 4.90 Å². The minimum Gasteiger partial charge on any atom is -0.338 e. The van der Waals surface area contributed by atoms with Gasteiger partial charge >= 0.3 is 0 Å². The van der Waals surface area contributed by atoms with Gasteiger partial charge in [-0.25, -0.2) is 9.50 Å². The number of rotatable bonds is 3. The van der Waals surface area contributed by atoms with E-state index in [0.717, 1.165) is 18.7 Å². The second kappa shape index (κ2) is 6.27. The van der Waals surface area contributed by atoms with Crippen LogP contribution in [0.2, 0.25) is 0 Å². The smallest absolute Gasteiger partial charge is 0.259 e. The molecule has 3 aromatic rings. The predicted octanol–water partition coefficient (Wildman–Crippen LogP) is 1.92. The van der Waals surface area contributed by atoms with Crippen LogP contribution in [0.4, 0.5) is 0 Å². The quantitative estimate of drug-likeness (QED) is 0.728. The minimum atomic E-state index is -0.00234. The molecule has 0 aliphatic carbocycles. The number of piperidine rings is 1. The van der Waals surface area contributed by atoms with E-state index < -0.39 is 0 Å². The van der Waals surface area contributed by atoms with E-state index >= 15 is 0 Å². The molecule has 0 saturated carbocycles. The van der Waals surface area contributed by atoms with Gasteiger partial charge in [0, 0.05) is 37.4 Å². The van der Waals surface area contributed by atoms with E-state index in [1.165, 1.54) is 0 Å². The van der Waals surface area contributed by atoms with Crippen LogP contribution >= 0.6 is 0 Å². The fourth-order valence-corrected chi connectivity index (χ4v) is 3.43. The molecule has 0 spiro atoms. The Balaban J connectivity index is 1.48. The van der Waals surface area contributed by atoms with E-state index in [4.69, 9.17) is 0 Å². The van der Waals surface area contributed by atoms with Crippen molar-refractivity contribution in [2.75, 3.05) is 13.1 Å². The van der Waals surface area contributed by atoms with Gasteiger partial charge in [0.1, 0.15) is 17.7 Å². The molecule has 8 heteroatoms. The molecule has 1 fully saturated rings. The molecule has 0 unspecified atom stereocenters. The van der Waals surface area contributed by atoms with Gasteiger partial charge in [-0.2, -0.15) is 5.10 Å². The SMILES string of the molecule is CC(C)n1cnnc1C1CCN(C(=O)c2cnn3cccnc23)CC1. The molecule has 1 aliphatic heterocycles. The summed E-state index contributed by atoms with van der Waals surface area (Å²) in [6.45, 7) is 5.67. The Morgan fingerprint density at radius 1 is 1.28 bits per heavy atom. The van der Waals surface area contributed by atoms with E-state index in [2.05, 4.69) is 38.7 Å². The van der Waals surface area contributed by atoms with Crippen LogP contribution in [0.1, 0.15) is 54.8 Å². The molecule has 0 radical (unpaired) electrons. The monoisotopic (exact) mass is 339 g/mol. The van der Waals surface area contributed by atoms with Crippen LogP contribution in [0.15, 0.2) is 31.0 Å². The number of carbonyl (C=O) groups excluding carboxylic acids is 1. The molecule has 3 aromatic heterocycles. The Morgan fingerprint density at radius 2 is 2.08 bits per heavy atom. The first kappa shape index (κ1) is 15.7. The first-order valence-corrected chi connectivity index (χ1v) is 8.62.